The summed E-state index contributed by atoms with van der Waals surface area (Å²) in [7, 11) is 0. The Hall–Kier alpha value is -8.40. The van der Waals surface area contributed by atoms with Gasteiger partial charge in [-0.25, -0.2) is 0 Å². The van der Waals surface area contributed by atoms with E-state index in [1.807, 2.05) is 6.07 Å². The van der Waals surface area contributed by atoms with Crippen molar-refractivity contribution >= 4 is 110 Å². The van der Waals surface area contributed by atoms with Gasteiger partial charge in [-0.3, -0.25) is 0 Å². The lowest BCUT2D eigenvalue weighted by molar-refractivity contribution is 0.663. The van der Waals surface area contributed by atoms with Crippen LogP contribution >= 0.6 is 0 Å². The molecular formula is C63H42N2O. The second kappa shape index (κ2) is 13.8. The maximum Gasteiger partial charge on any atom is 0.159 e. The second-order valence-electron chi connectivity index (χ2n) is 18.4. The van der Waals surface area contributed by atoms with E-state index in [4.69, 9.17) is 4.42 Å². The van der Waals surface area contributed by atoms with Crippen molar-refractivity contribution in [2.24, 2.45) is 0 Å². The fourth-order valence-electron chi connectivity index (χ4n) is 11.5. The Kier molecular flexibility index (Phi) is 7.74. The third kappa shape index (κ3) is 5.20. The first-order valence-electron chi connectivity index (χ1n) is 22.9. The number of nitrogens with zero attached hydrogens (tertiary/aromatic N) is 2. The smallest absolute Gasteiger partial charge is 0.159 e. The molecule has 0 N–H and O–H groups in total. The van der Waals surface area contributed by atoms with Crippen LogP contribution < -0.4 is 9.80 Å². The molecule has 12 aromatic carbocycles. The number of benzene rings is 12. The third-order valence-corrected chi connectivity index (χ3v) is 14.5. The van der Waals surface area contributed by atoms with Crippen LogP contribution in [0.15, 0.2) is 223 Å². The molecule has 0 spiro atoms. The predicted octanol–water partition coefficient (Wildman–Crippen LogP) is 18.0. The van der Waals surface area contributed by atoms with Crippen LogP contribution in [0.25, 0.3) is 86.9 Å². The van der Waals surface area contributed by atoms with Crippen LogP contribution in [0.1, 0.15) is 25.0 Å². The molecule has 0 saturated carbocycles. The van der Waals surface area contributed by atoms with Gasteiger partial charge in [0.1, 0.15) is 5.58 Å². The number of hydrogen-bond acceptors (Lipinski definition) is 3. The Morgan fingerprint density at radius 2 is 0.924 bits per heavy atom. The first-order valence-corrected chi connectivity index (χ1v) is 22.9. The molecule has 13 aromatic rings. The Labute approximate surface area is 382 Å². The van der Waals surface area contributed by atoms with E-state index >= 15 is 0 Å². The topological polar surface area (TPSA) is 19.6 Å². The summed E-state index contributed by atoms with van der Waals surface area (Å²) in [6.07, 6.45) is 0. The van der Waals surface area contributed by atoms with Crippen molar-refractivity contribution in [1.29, 1.82) is 0 Å². The first kappa shape index (κ1) is 37.0. The van der Waals surface area contributed by atoms with Crippen molar-refractivity contribution in [3.05, 3.63) is 230 Å². The van der Waals surface area contributed by atoms with E-state index < -0.39 is 0 Å². The zero-order chi connectivity index (χ0) is 43.7. The summed E-state index contributed by atoms with van der Waals surface area (Å²) in [4.78, 5) is 4.92. The summed E-state index contributed by atoms with van der Waals surface area (Å²) in [6.45, 7) is 4.77. The van der Waals surface area contributed by atoms with Gasteiger partial charge < -0.3 is 14.2 Å². The summed E-state index contributed by atoms with van der Waals surface area (Å²) in [6, 6.07) is 80.1. The molecule has 0 atom stereocenters. The number of hydrogen-bond donors (Lipinski definition) is 0. The highest BCUT2D eigenvalue weighted by atomic mass is 16.3. The summed E-state index contributed by atoms with van der Waals surface area (Å²) < 4.78 is 6.83. The molecule has 1 aliphatic carbocycles. The minimum absolute atomic E-state index is 0.142. The van der Waals surface area contributed by atoms with Gasteiger partial charge in [0.2, 0.25) is 0 Å². The van der Waals surface area contributed by atoms with E-state index in [1.54, 1.807) is 0 Å². The number of anilines is 6. The van der Waals surface area contributed by atoms with Crippen LogP contribution in [0.2, 0.25) is 0 Å². The summed E-state index contributed by atoms with van der Waals surface area (Å²) in [5.74, 6) is 0. The molecule has 3 nitrogen and oxygen atoms in total. The van der Waals surface area contributed by atoms with Gasteiger partial charge in [0, 0.05) is 43.9 Å². The molecule has 1 aromatic heterocycles. The molecule has 0 bridgehead atoms. The molecule has 0 saturated heterocycles. The van der Waals surface area contributed by atoms with E-state index in [-0.39, 0.29) is 5.41 Å². The van der Waals surface area contributed by atoms with Crippen LogP contribution in [0, 0.1) is 0 Å². The van der Waals surface area contributed by atoms with Gasteiger partial charge in [0.15, 0.2) is 5.58 Å². The lowest BCUT2D eigenvalue weighted by atomic mass is 9.81. The van der Waals surface area contributed by atoms with Crippen LogP contribution in [-0.4, -0.2) is 0 Å². The van der Waals surface area contributed by atoms with Gasteiger partial charge in [-0.15, -0.1) is 0 Å². The highest BCUT2D eigenvalue weighted by molar-refractivity contribution is 6.29. The van der Waals surface area contributed by atoms with E-state index in [0.717, 1.165) is 67.2 Å². The average Bonchev–Trinajstić information content (AvgIpc) is 3.87. The average molecular weight is 843 g/mol. The van der Waals surface area contributed by atoms with Crippen molar-refractivity contribution < 1.29 is 4.42 Å². The van der Waals surface area contributed by atoms with Crippen molar-refractivity contribution in [2.45, 2.75) is 19.3 Å². The molecule has 3 heteroatoms. The van der Waals surface area contributed by atoms with Gasteiger partial charge in [-0.2, -0.15) is 0 Å². The minimum atomic E-state index is -0.142. The molecule has 0 amide bonds. The number of fused-ring (bicyclic) bond motifs is 3. The lowest BCUT2D eigenvalue weighted by Gasteiger charge is -2.31. The fraction of sp³-hybridized carbons (Fsp3) is 0.0476. The van der Waals surface area contributed by atoms with Gasteiger partial charge in [-0.1, -0.05) is 178 Å². The van der Waals surface area contributed by atoms with Gasteiger partial charge in [0.05, 0.1) is 22.7 Å². The third-order valence-electron chi connectivity index (χ3n) is 14.5. The predicted molar refractivity (Wildman–Crippen MR) is 279 cm³/mol. The Bertz CT molecular complexity index is 4090. The monoisotopic (exact) mass is 842 g/mol. The molecule has 0 fully saturated rings. The number of furan rings is 1. The van der Waals surface area contributed by atoms with Crippen molar-refractivity contribution in [1.82, 2.24) is 0 Å². The first-order chi connectivity index (χ1) is 32.5. The van der Waals surface area contributed by atoms with Crippen LogP contribution in [0.3, 0.4) is 0 Å². The molecule has 1 aliphatic rings. The highest BCUT2D eigenvalue weighted by Crippen LogP contribution is 2.54. The summed E-state index contributed by atoms with van der Waals surface area (Å²) in [5, 5.41) is 14.8. The zero-order valence-electron chi connectivity index (χ0n) is 36.6. The van der Waals surface area contributed by atoms with E-state index in [1.165, 1.54) is 65.0 Å². The van der Waals surface area contributed by atoms with Gasteiger partial charge in [-0.05, 0) is 114 Å². The SMILES string of the molecule is CC1(C)c2cccc3ccc4cc(N(c5ccccc5)c5ccc6ccc7c(N(c8ccccc8-c8ccccc8)c8cccc9c8oc8ccccc89)ccc8ccc5c6c87)cc1c4c23. The number of para-hydroxylation sites is 4. The Morgan fingerprint density at radius 3 is 1.71 bits per heavy atom. The molecule has 310 valence electrons. The van der Waals surface area contributed by atoms with E-state index in [2.05, 4.69) is 236 Å². The minimum Gasteiger partial charge on any atom is -0.454 e. The molecule has 0 unspecified atom stereocenters. The standard InChI is InChI=1S/C63H42N2O/c1-63(2)51-23-13-17-40-27-28-43-37-45(38-52(63)61(43)60(40)51)64(44-18-7-4-8-19-44)54-35-31-41-30-34-50-55(36-32-42-29-33-49(54)58(41)59(42)50)65(53-24-11-9-20-46(53)39-15-5-3-6-16-39)56-25-14-22-48-47-21-10-12-26-57(47)66-62(48)56/h3-38H,1-2H3. The summed E-state index contributed by atoms with van der Waals surface area (Å²) in [5.41, 5.74) is 13.2. The second-order valence-corrected chi connectivity index (χ2v) is 18.4. The Balaban J connectivity index is 1.03. The van der Waals surface area contributed by atoms with Crippen molar-refractivity contribution in [3.63, 3.8) is 0 Å². The molecule has 0 radical (unpaired) electrons. The quantitative estimate of drug-likeness (QED) is 0.149. The molecule has 66 heavy (non-hydrogen) atoms. The van der Waals surface area contributed by atoms with Gasteiger partial charge in [0.25, 0.3) is 0 Å². The molecular weight excluding hydrogens is 801 g/mol. The normalized spacial score (nSPS) is 13.1. The maximum atomic E-state index is 6.83. The molecule has 1 heterocycles. The largest absolute Gasteiger partial charge is 0.454 e. The van der Waals surface area contributed by atoms with Crippen LogP contribution in [0.5, 0.6) is 0 Å². The van der Waals surface area contributed by atoms with Crippen molar-refractivity contribution in [3.8, 4) is 11.1 Å². The summed E-state index contributed by atoms with van der Waals surface area (Å²) >= 11 is 0. The maximum absolute atomic E-state index is 6.83. The van der Waals surface area contributed by atoms with E-state index in [9.17, 15) is 0 Å². The highest BCUT2D eigenvalue weighted by Gasteiger charge is 2.35. The Morgan fingerprint density at radius 1 is 0.348 bits per heavy atom. The molecule has 0 aliphatic heterocycles. The van der Waals surface area contributed by atoms with Crippen LogP contribution in [0.4, 0.5) is 34.1 Å². The molecule has 14 rings (SSSR count). The number of rotatable bonds is 7. The van der Waals surface area contributed by atoms with Gasteiger partial charge >= 0.3 is 0 Å². The zero-order valence-corrected chi connectivity index (χ0v) is 36.6. The van der Waals surface area contributed by atoms with Crippen molar-refractivity contribution in [2.75, 3.05) is 9.80 Å². The van der Waals surface area contributed by atoms with Crippen LogP contribution in [-0.2, 0) is 5.41 Å². The van der Waals surface area contributed by atoms with E-state index in [0.29, 0.717) is 0 Å². The lowest BCUT2D eigenvalue weighted by Crippen LogP contribution is -2.17. The fourth-order valence-corrected chi connectivity index (χ4v) is 11.5.